The number of carbonyl (C=O) groups is 2. The van der Waals surface area contributed by atoms with Gasteiger partial charge in [-0.1, -0.05) is 12.8 Å². The highest BCUT2D eigenvalue weighted by Crippen LogP contribution is 2.30. The maximum absolute atomic E-state index is 12.1. The summed E-state index contributed by atoms with van der Waals surface area (Å²) in [6.45, 7) is 2.89. The van der Waals surface area contributed by atoms with E-state index in [4.69, 9.17) is 4.74 Å². The number of carboxylic acid groups (broad SMARTS) is 1. The van der Waals surface area contributed by atoms with Crippen LogP contribution in [0.2, 0.25) is 0 Å². The molecule has 3 unspecified atom stereocenters. The minimum absolute atomic E-state index is 0.0557. The Morgan fingerprint density at radius 3 is 2.68 bits per heavy atom. The summed E-state index contributed by atoms with van der Waals surface area (Å²) in [5.41, 5.74) is -0.715. The van der Waals surface area contributed by atoms with Gasteiger partial charge >= 0.3 is 5.97 Å². The molecule has 0 aromatic carbocycles. The van der Waals surface area contributed by atoms with Crippen LogP contribution in [-0.4, -0.2) is 35.7 Å². The normalized spacial score (nSPS) is 35.0. The molecule has 1 saturated carbocycles. The van der Waals surface area contributed by atoms with Crippen LogP contribution in [0.5, 0.6) is 0 Å². The molecule has 108 valence electrons. The Balaban J connectivity index is 1.86. The monoisotopic (exact) mass is 269 g/mol. The number of carboxylic acids is 1. The minimum atomic E-state index is -0.734. The Morgan fingerprint density at radius 2 is 2.05 bits per heavy atom. The number of carbonyl (C=O) groups excluding carboxylic acids is 1. The van der Waals surface area contributed by atoms with Crippen molar-refractivity contribution in [3.8, 4) is 0 Å². The van der Waals surface area contributed by atoms with Gasteiger partial charge in [0.2, 0.25) is 0 Å². The Hall–Kier alpha value is -1.10. The summed E-state index contributed by atoms with van der Waals surface area (Å²) in [5.74, 6) is -1.09. The first-order chi connectivity index (χ1) is 9.03. The smallest absolute Gasteiger partial charge is 0.306 e. The molecular formula is C14H23NO4. The highest BCUT2D eigenvalue weighted by atomic mass is 16.5. The average molecular weight is 269 g/mol. The zero-order chi connectivity index (χ0) is 13.9. The standard InChI is InChI=1S/C14H23NO4/c1-14(7-4-8-19-14)13(18)15-9-10-5-2-3-6-11(10)12(16)17/h10-11H,2-9H2,1H3,(H,15,18)(H,16,17). The molecule has 2 aliphatic rings. The zero-order valence-electron chi connectivity index (χ0n) is 11.5. The van der Waals surface area contributed by atoms with Gasteiger partial charge in [-0.25, -0.2) is 0 Å². The first-order valence-electron chi connectivity index (χ1n) is 7.18. The lowest BCUT2D eigenvalue weighted by Gasteiger charge is -2.30. The molecule has 5 nitrogen and oxygen atoms in total. The second-order valence-electron chi connectivity index (χ2n) is 5.88. The van der Waals surface area contributed by atoms with Crippen LogP contribution in [0.4, 0.5) is 0 Å². The number of rotatable bonds is 4. The lowest BCUT2D eigenvalue weighted by molar-refractivity contribution is -0.146. The van der Waals surface area contributed by atoms with Gasteiger partial charge in [-0.2, -0.15) is 0 Å². The van der Waals surface area contributed by atoms with Crippen molar-refractivity contribution in [1.82, 2.24) is 5.32 Å². The highest BCUT2D eigenvalue weighted by molar-refractivity contribution is 5.85. The number of hydrogen-bond donors (Lipinski definition) is 2. The van der Waals surface area contributed by atoms with Crippen LogP contribution in [0.15, 0.2) is 0 Å². The maximum atomic E-state index is 12.1. The first-order valence-corrected chi connectivity index (χ1v) is 7.18. The number of hydrogen-bond acceptors (Lipinski definition) is 3. The Kier molecular flexibility index (Phi) is 4.45. The van der Waals surface area contributed by atoms with E-state index in [2.05, 4.69) is 5.32 Å². The predicted octanol–water partition coefficient (Wildman–Crippen LogP) is 1.56. The summed E-state index contributed by atoms with van der Waals surface area (Å²) < 4.78 is 5.49. The molecule has 2 fully saturated rings. The molecule has 19 heavy (non-hydrogen) atoms. The van der Waals surface area contributed by atoms with Gasteiger partial charge in [0.1, 0.15) is 5.60 Å². The van der Waals surface area contributed by atoms with Crippen LogP contribution >= 0.6 is 0 Å². The average Bonchev–Trinajstić information content (AvgIpc) is 2.84. The van der Waals surface area contributed by atoms with Crippen molar-refractivity contribution in [2.45, 2.75) is 51.0 Å². The lowest BCUT2D eigenvalue weighted by Crippen LogP contribution is -2.47. The van der Waals surface area contributed by atoms with Crippen molar-refractivity contribution in [2.24, 2.45) is 11.8 Å². The van der Waals surface area contributed by atoms with E-state index in [1.807, 2.05) is 6.92 Å². The lowest BCUT2D eigenvalue weighted by atomic mass is 9.79. The third-order valence-corrected chi connectivity index (χ3v) is 4.45. The van der Waals surface area contributed by atoms with Crippen molar-refractivity contribution in [1.29, 1.82) is 0 Å². The Labute approximate surface area is 113 Å². The van der Waals surface area contributed by atoms with Crippen molar-refractivity contribution in [3.63, 3.8) is 0 Å². The second-order valence-corrected chi connectivity index (χ2v) is 5.88. The fourth-order valence-electron chi connectivity index (χ4n) is 3.15. The van der Waals surface area contributed by atoms with Gasteiger partial charge in [-0.15, -0.1) is 0 Å². The third kappa shape index (κ3) is 3.26. The van der Waals surface area contributed by atoms with Crippen molar-refractivity contribution < 1.29 is 19.4 Å². The van der Waals surface area contributed by atoms with E-state index >= 15 is 0 Å². The molecule has 0 aromatic heterocycles. The molecule has 2 rings (SSSR count). The molecule has 1 amide bonds. The maximum Gasteiger partial charge on any atom is 0.306 e. The van der Waals surface area contributed by atoms with Gasteiger partial charge in [0.15, 0.2) is 0 Å². The van der Waals surface area contributed by atoms with Crippen molar-refractivity contribution in [2.75, 3.05) is 13.2 Å². The van der Waals surface area contributed by atoms with Crippen LogP contribution in [0.3, 0.4) is 0 Å². The molecule has 2 N–H and O–H groups in total. The zero-order valence-corrected chi connectivity index (χ0v) is 11.5. The summed E-state index contributed by atoms with van der Waals surface area (Å²) >= 11 is 0. The van der Waals surface area contributed by atoms with Crippen LogP contribution in [-0.2, 0) is 14.3 Å². The van der Waals surface area contributed by atoms with E-state index < -0.39 is 11.6 Å². The third-order valence-electron chi connectivity index (χ3n) is 4.45. The van der Waals surface area contributed by atoms with Gasteiger partial charge in [-0.05, 0) is 38.5 Å². The van der Waals surface area contributed by atoms with Gasteiger partial charge in [0.25, 0.3) is 5.91 Å². The van der Waals surface area contributed by atoms with E-state index in [1.54, 1.807) is 0 Å². The fourth-order valence-corrected chi connectivity index (χ4v) is 3.15. The van der Waals surface area contributed by atoms with Crippen LogP contribution in [0.25, 0.3) is 0 Å². The van der Waals surface area contributed by atoms with E-state index in [0.29, 0.717) is 13.2 Å². The topological polar surface area (TPSA) is 75.6 Å². The molecule has 1 heterocycles. The molecule has 0 radical (unpaired) electrons. The highest BCUT2D eigenvalue weighted by Gasteiger charge is 2.38. The van der Waals surface area contributed by atoms with Crippen molar-refractivity contribution in [3.05, 3.63) is 0 Å². The summed E-state index contributed by atoms with van der Waals surface area (Å²) in [7, 11) is 0. The largest absolute Gasteiger partial charge is 0.481 e. The summed E-state index contributed by atoms with van der Waals surface area (Å²) in [4.78, 5) is 23.3. The van der Waals surface area contributed by atoms with Gasteiger partial charge in [-0.3, -0.25) is 9.59 Å². The van der Waals surface area contributed by atoms with Crippen LogP contribution < -0.4 is 5.32 Å². The number of aliphatic carboxylic acids is 1. The molecular weight excluding hydrogens is 246 g/mol. The van der Waals surface area contributed by atoms with E-state index in [1.165, 1.54) is 0 Å². The second kappa shape index (κ2) is 5.90. The molecule has 1 saturated heterocycles. The summed E-state index contributed by atoms with van der Waals surface area (Å²) in [5, 5.41) is 12.1. The van der Waals surface area contributed by atoms with Crippen LogP contribution in [0.1, 0.15) is 45.4 Å². The molecule has 1 aliphatic heterocycles. The number of ether oxygens (including phenoxy) is 1. The van der Waals surface area contributed by atoms with Gasteiger partial charge < -0.3 is 15.2 Å². The minimum Gasteiger partial charge on any atom is -0.481 e. The molecule has 1 aliphatic carbocycles. The van der Waals surface area contributed by atoms with E-state index in [-0.39, 0.29) is 17.7 Å². The summed E-state index contributed by atoms with van der Waals surface area (Å²) in [6, 6.07) is 0. The molecule has 0 spiro atoms. The van der Waals surface area contributed by atoms with Gasteiger partial charge in [0, 0.05) is 13.2 Å². The quantitative estimate of drug-likeness (QED) is 0.812. The SMILES string of the molecule is CC1(C(=O)NCC2CCCCC2C(=O)O)CCCO1. The number of nitrogens with one attached hydrogen (secondary N) is 1. The van der Waals surface area contributed by atoms with Gasteiger partial charge in [0.05, 0.1) is 5.92 Å². The Morgan fingerprint density at radius 1 is 1.32 bits per heavy atom. The predicted molar refractivity (Wildman–Crippen MR) is 69.7 cm³/mol. The molecule has 5 heteroatoms. The van der Waals surface area contributed by atoms with E-state index in [9.17, 15) is 14.7 Å². The molecule has 0 aromatic rings. The Bertz CT molecular complexity index is 349. The van der Waals surface area contributed by atoms with Crippen LogP contribution in [0, 0.1) is 11.8 Å². The molecule has 0 bridgehead atoms. The molecule has 3 atom stereocenters. The summed E-state index contributed by atoms with van der Waals surface area (Å²) in [6.07, 6.45) is 5.29. The first kappa shape index (κ1) is 14.3. The fraction of sp³-hybridized carbons (Fsp3) is 0.857. The number of amides is 1. The van der Waals surface area contributed by atoms with E-state index in [0.717, 1.165) is 38.5 Å². The van der Waals surface area contributed by atoms with Crippen molar-refractivity contribution >= 4 is 11.9 Å².